The quantitative estimate of drug-likeness (QED) is 0.896. The highest BCUT2D eigenvalue weighted by atomic mass is 16.5. The van der Waals surface area contributed by atoms with Crippen molar-refractivity contribution in [1.82, 2.24) is 15.3 Å². The minimum atomic E-state index is -0.403. The van der Waals surface area contributed by atoms with Crippen molar-refractivity contribution in [3.05, 3.63) is 48.0 Å². The number of amides is 2. The zero-order valence-electron chi connectivity index (χ0n) is 12.6. The molecular formula is C16H16N4O3. The van der Waals surface area contributed by atoms with Gasteiger partial charge in [-0.2, -0.15) is 0 Å². The summed E-state index contributed by atoms with van der Waals surface area (Å²) in [5.74, 6) is 0.197. The highest BCUT2D eigenvalue weighted by molar-refractivity contribution is 6.01. The molecule has 1 aliphatic rings. The van der Waals surface area contributed by atoms with Gasteiger partial charge in [-0.3, -0.25) is 9.59 Å². The standard InChI is InChI=1S/C16H16N4O3/c1-23-12-8-17-15(18-9-12)16(22)19-11-4-2-3-10(7-11)13-5-6-14(21)20-13/h2-4,7-9,13H,5-6H2,1H3,(H,19,22)(H,20,21). The SMILES string of the molecule is COc1cnc(C(=O)Nc2cccc(C3CCC(=O)N3)c2)nc1. The molecule has 0 bridgehead atoms. The lowest BCUT2D eigenvalue weighted by molar-refractivity contribution is -0.119. The van der Waals surface area contributed by atoms with Crippen LogP contribution in [0.1, 0.15) is 35.1 Å². The number of anilines is 1. The first-order valence-corrected chi connectivity index (χ1v) is 7.22. The monoisotopic (exact) mass is 312 g/mol. The van der Waals surface area contributed by atoms with Crippen molar-refractivity contribution >= 4 is 17.5 Å². The fourth-order valence-electron chi connectivity index (χ4n) is 2.42. The van der Waals surface area contributed by atoms with E-state index in [-0.39, 0.29) is 17.8 Å². The van der Waals surface area contributed by atoms with Gasteiger partial charge in [0.25, 0.3) is 5.91 Å². The summed E-state index contributed by atoms with van der Waals surface area (Å²) < 4.78 is 4.96. The van der Waals surface area contributed by atoms with Crippen LogP contribution in [0.2, 0.25) is 0 Å². The fourth-order valence-corrected chi connectivity index (χ4v) is 2.42. The number of ether oxygens (including phenoxy) is 1. The molecule has 1 fully saturated rings. The predicted octanol–water partition coefficient (Wildman–Crippen LogP) is 1.69. The lowest BCUT2D eigenvalue weighted by Crippen LogP contribution is -2.19. The first-order valence-electron chi connectivity index (χ1n) is 7.22. The Labute approximate surface area is 133 Å². The molecule has 1 aromatic heterocycles. The van der Waals surface area contributed by atoms with Crippen molar-refractivity contribution in [1.29, 1.82) is 0 Å². The number of nitrogens with one attached hydrogen (secondary N) is 2. The van der Waals surface area contributed by atoms with Crippen LogP contribution >= 0.6 is 0 Å². The second-order valence-corrected chi connectivity index (χ2v) is 5.18. The Morgan fingerprint density at radius 3 is 2.78 bits per heavy atom. The molecular weight excluding hydrogens is 296 g/mol. The molecule has 7 heteroatoms. The van der Waals surface area contributed by atoms with Crippen LogP contribution < -0.4 is 15.4 Å². The summed E-state index contributed by atoms with van der Waals surface area (Å²) in [6, 6.07) is 7.39. The molecule has 1 aromatic carbocycles. The summed E-state index contributed by atoms with van der Waals surface area (Å²) in [5, 5.41) is 5.66. The van der Waals surface area contributed by atoms with E-state index in [2.05, 4.69) is 20.6 Å². The second kappa shape index (κ2) is 6.43. The Kier molecular flexibility index (Phi) is 4.18. The number of carbonyl (C=O) groups excluding carboxylic acids is 2. The topological polar surface area (TPSA) is 93.2 Å². The second-order valence-electron chi connectivity index (χ2n) is 5.18. The number of aromatic nitrogens is 2. The third kappa shape index (κ3) is 3.45. The van der Waals surface area contributed by atoms with E-state index in [4.69, 9.17) is 4.74 Å². The van der Waals surface area contributed by atoms with Crippen molar-refractivity contribution in [3.63, 3.8) is 0 Å². The largest absolute Gasteiger partial charge is 0.494 e. The van der Waals surface area contributed by atoms with E-state index in [1.165, 1.54) is 19.5 Å². The van der Waals surface area contributed by atoms with E-state index >= 15 is 0 Å². The summed E-state index contributed by atoms with van der Waals surface area (Å²) in [5.41, 5.74) is 1.59. The number of hydrogen-bond donors (Lipinski definition) is 2. The molecule has 3 rings (SSSR count). The number of nitrogens with zero attached hydrogens (tertiary/aromatic N) is 2. The molecule has 1 unspecified atom stereocenters. The van der Waals surface area contributed by atoms with Crippen molar-refractivity contribution in [2.24, 2.45) is 0 Å². The smallest absolute Gasteiger partial charge is 0.293 e. The molecule has 7 nitrogen and oxygen atoms in total. The van der Waals surface area contributed by atoms with Crippen LogP contribution in [0.25, 0.3) is 0 Å². The Hall–Kier alpha value is -2.96. The van der Waals surface area contributed by atoms with Gasteiger partial charge in [-0.15, -0.1) is 0 Å². The van der Waals surface area contributed by atoms with Crippen molar-refractivity contribution in [2.45, 2.75) is 18.9 Å². The molecule has 0 radical (unpaired) electrons. The normalized spacial score (nSPS) is 16.7. The van der Waals surface area contributed by atoms with Gasteiger partial charge in [-0.05, 0) is 24.1 Å². The van der Waals surface area contributed by atoms with E-state index < -0.39 is 5.91 Å². The van der Waals surface area contributed by atoms with Crippen molar-refractivity contribution in [2.75, 3.05) is 12.4 Å². The number of benzene rings is 1. The molecule has 1 aliphatic heterocycles. The van der Waals surface area contributed by atoms with Crippen LogP contribution in [0.15, 0.2) is 36.7 Å². The summed E-state index contributed by atoms with van der Waals surface area (Å²) in [6.45, 7) is 0. The first kappa shape index (κ1) is 15.0. The lowest BCUT2D eigenvalue weighted by atomic mass is 10.0. The molecule has 2 amide bonds. The van der Waals surface area contributed by atoms with Crippen LogP contribution in [0.3, 0.4) is 0 Å². The number of rotatable bonds is 4. The first-order chi connectivity index (χ1) is 11.2. The van der Waals surface area contributed by atoms with Crippen LogP contribution in [-0.2, 0) is 4.79 Å². The summed E-state index contributed by atoms with van der Waals surface area (Å²) >= 11 is 0. The van der Waals surface area contributed by atoms with Crippen molar-refractivity contribution < 1.29 is 14.3 Å². The molecule has 2 aromatic rings. The van der Waals surface area contributed by atoms with Gasteiger partial charge in [0.05, 0.1) is 25.5 Å². The maximum atomic E-state index is 12.2. The van der Waals surface area contributed by atoms with Crippen LogP contribution in [0.4, 0.5) is 5.69 Å². The summed E-state index contributed by atoms with van der Waals surface area (Å²) in [7, 11) is 1.51. The van der Waals surface area contributed by atoms with Gasteiger partial charge in [-0.1, -0.05) is 12.1 Å². The van der Waals surface area contributed by atoms with E-state index in [9.17, 15) is 9.59 Å². The minimum Gasteiger partial charge on any atom is -0.494 e. The molecule has 0 saturated carbocycles. The van der Waals surface area contributed by atoms with Gasteiger partial charge >= 0.3 is 0 Å². The summed E-state index contributed by atoms with van der Waals surface area (Å²) in [4.78, 5) is 31.4. The van der Waals surface area contributed by atoms with E-state index in [1.807, 2.05) is 18.2 Å². The Bertz CT molecular complexity index is 730. The molecule has 2 heterocycles. The molecule has 23 heavy (non-hydrogen) atoms. The fraction of sp³-hybridized carbons (Fsp3) is 0.250. The van der Waals surface area contributed by atoms with Gasteiger partial charge in [-0.25, -0.2) is 9.97 Å². The third-order valence-electron chi connectivity index (χ3n) is 3.61. The zero-order valence-corrected chi connectivity index (χ0v) is 12.6. The number of methoxy groups -OCH3 is 1. The maximum Gasteiger partial charge on any atom is 0.293 e. The van der Waals surface area contributed by atoms with Gasteiger partial charge in [0.2, 0.25) is 11.7 Å². The number of carbonyl (C=O) groups is 2. The van der Waals surface area contributed by atoms with Crippen molar-refractivity contribution in [3.8, 4) is 5.75 Å². The van der Waals surface area contributed by atoms with Gasteiger partial charge in [0.15, 0.2) is 5.75 Å². The van der Waals surface area contributed by atoms with Gasteiger partial charge < -0.3 is 15.4 Å². The molecule has 2 N–H and O–H groups in total. The van der Waals surface area contributed by atoms with Crippen LogP contribution in [0.5, 0.6) is 5.75 Å². The zero-order chi connectivity index (χ0) is 16.2. The highest BCUT2D eigenvalue weighted by Gasteiger charge is 2.22. The predicted molar refractivity (Wildman–Crippen MR) is 83.1 cm³/mol. The Morgan fingerprint density at radius 2 is 2.13 bits per heavy atom. The van der Waals surface area contributed by atoms with E-state index in [0.717, 1.165) is 12.0 Å². The third-order valence-corrected chi connectivity index (χ3v) is 3.61. The Balaban J connectivity index is 1.71. The van der Waals surface area contributed by atoms with E-state index in [0.29, 0.717) is 17.9 Å². The average molecular weight is 312 g/mol. The van der Waals surface area contributed by atoms with Gasteiger partial charge in [0, 0.05) is 12.1 Å². The molecule has 1 saturated heterocycles. The maximum absolute atomic E-state index is 12.2. The summed E-state index contributed by atoms with van der Waals surface area (Å²) in [6.07, 6.45) is 4.16. The van der Waals surface area contributed by atoms with E-state index in [1.54, 1.807) is 6.07 Å². The molecule has 118 valence electrons. The Morgan fingerprint density at radius 1 is 1.35 bits per heavy atom. The van der Waals surface area contributed by atoms with Gasteiger partial charge in [0.1, 0.15) is 0 Å². The highest BCUT2D eigenvalue weighted by Crippen LogP contribution is 2.25. The molecule has 0 aliphatic carbocycles. The lowest BCUT2D eigenvalue weighted by Gasteiger charge is -2.12. The number of hydrogen-bond acceptors (Lipinski definition) is 5. The average Bonchev–Trinajstić information content (AvgIpc) is 3.02. The molecule has 0 spiro atoms. The molecule has 1 atom stereocenters. The van der Waals surface area contributed by atoms with Crippen LogP contribution in [0, 0.1) is 0 Å². The minimum absolute atomic E-state index is 0.00316. The van der Waals surface area contributed by atoms with Crippen LogP contribution in [-0.4, -0.2) is 28.9 Å².